The first-order chi connectivity index (χ1) is 13.3. The summed E-state index contributed by atoms with van der Waals surface area (Å²) in [6.07, 6.45) is 12.7. The van der Waals surface area contributed by atoms with Gasteiger partial charge in [0.25, 0.3) is 5.91 Å². The van der Waals surface area contributed by atoms with Crippen LogP contribution in [0.25, 0.3) is 16.5 Å². The Labute approximate surface area is 157 Å². The van der Waals surface area contributed by atoms with Gasteiger partial charge < -0.3 is 14.6 Å². The minimum absolute atomic E-state index is 0.161. The summed E-state index contributed by atoms with van der Waals surface area (Å²) < 4.78 is 7.38. The fourth-order valence-electron chi connectivity index (χ4n) is 3.15. The second kappa shape index (κ2) is 8.09. The maximum Gasteiger partial charge on any atom is 0.269 e. The quantitative estimate of drug-likeness (QED) is 0.680. The Morgan fingerprint density at radius 2 is 2.22 bits per heavy atom. The van der Waals surface area contributed by atoms with Crippen LogP contribution < -0.4 is 5.32 Å². The number of aryl methyl sites for hydroxylation is 1. The van der Waals surface area contributed by atoms with Crippen molar-refractivity contribution in [1.29, 1.82) is 0 Å². The van der Waals surface area contributed by atoms with Crippen molar-refractivity contribution in [3.05, 3.63) is 60.6 Å². The predicted octanol–water partition coefficient (Wildman–Crippen LogP) is 2.45. The number of imidazole rings is 1. The normalized spacial score (nSPS) is 14.1. The molecule has 27 heavy (non-hydrogen) atoms. The Hall–Kier alpha value is -3.06. The second-order valence-corrected chi connectivity index (χ2v) is 6.42. The van der Waals surface area contributed by atoms with Crippen LogP contribution in [-0.2, 0) is 11.3 Å². The van der Waals surface area contributed by atoms with Gasteiger partial charge in [0, 0.05) is 48.8 Å². The number of nitrogens with one attached hydrogen (secondary N) is 1. The first-order valence-corrected chi connectivity index (χ1v) is 9.07. The third-order valence-electron chi connectivity index (χ3n) is 4.58. The first kappa shape index (κ1) is 17.4. The van der Waals surface area contributed by atoms with Gasteiger partial charge in [-0.1, -0.05) is 6.08 Å². The van der Waals surface area contributed by atoms with E-state index in [-0.39, 0.29) is 5.91 Å². The molecule has 1 amide bonds. The van der Waals surface area contributed by atoms with Crippen LogP contribution >= 0.6 is 0 Å². The van der Waals surface area contributed by atoms with E-state index in [0.29, 0.717) is 25.5 Å². The molecule has 0 saturated carbocycles. The Morgan fingerprint density at radius 1 is 1.26 bits per heavy atom. The lowest BCUT2D eigenvalue weighted by Crippen LogP contribution is -2.26. The van der Waals surface area contributed by atoms with Crippen LogP contribution in [0, 0.1) is 0 Å². The predicted molar refractivity (Wildman–Crippen MR) is 102 cm³/mol. The van der Waals surface area contributed by atoms with Crippen molar-refractivity contribution in [1.82, 2.24) is 24.8 Å². The summed E-state index contributed by atoms with van der Waals surface area (Å²) in [6, 6.07) is 3.65. The highest BCUT2D eigenvalue weighted by Gasteiger charge is 2.14. The van der Waals surface area contributed by atoms with E-state index >= 15 is 0 Å². The highest BCUT2D eigenvalue weighted by molar-refractivity contribution is 5.97. The summed E-state index contributed by atoms with van der Waals surface area (Å²) in [5.41, 5.74) is 3.38. The fraction of sp³-hybridized carbons (Fsp3) is 0.300. The molecule has 0 aromatic carbocycles. The van der Waals surface area contributed by atoms with Gasteiger partial charge in [0.1, 0.15) is 5.69 Å². The Bertz CT molecular complexity index is 966. The number of aromatic nitrogens is 4. The number of hydrogen-bond donors (Lipinski definition) is 1. The van der Waals surface area contributed by atoms with Crippen LogP contribution in [0.4, 0.5) is 0 Å². The lowest BCUT2D eigenvalue weighted by molar-refractivity contribution is 0.0948. The molecular formula is C20H21N5O2. The molecule has 0 unspecified atom stereocenters. The Balaban J connectivity index is 1.48. The standard InChI is InChI=1S/C20H21N5O2/c26-20(23-6-1-8-25-9-7-21-14-25)18-3-2-16-12-22-13-17(19(16)24-18)15-4-10-27-11-5-15/h2-4,7,9,12-14H,1,5-6,8,10-11H2,(H,23,26). The SMILES string of the molecule is O=C(NCCCn1ccnc1)c1ccc2cncc(C3=CCOCC3)c2n1. The second-order valence-electron chi connectivity index (χ2n) is 6.42. The molecule has 1 aliphatic rings. The maximum atomic E-state index is 12.5. The number of carbonyl (C=O) groups is 1. The summed E-state index contributed by atoms with van der Waals surface area (Å²) in [5, 5.41) is 3.87. The molecule has 0 saturated heterocycles. The molecule has 0 fully saturated rings. The Morgan fingerprint density at radius 3 is 3.04 bits per heavy atom. The molecule has 1 N–H and O–H groups in total. The molecular weight excluding hydrogens is 342 g/mol. The average Bonchev–Trinajstić information content (AvgIpc) is 3.24. The zero-order valence-corrected chi connectivity index (χ0v) is 15.0. The summed E-state index contributed by atoms with van der Waals surface area (Å²) in [6.45, 7) is 2.70. The van der Waals surface area contributed by atoms with E-state index in [9.17, 15) is 4.79 Å². The van der Waals surface area contributed by atoms with E-state index in [4.69, 9.17) is 4.74 Å². The number of rotatable bonds is 6. The third kappa shape index (κ3) is 4.03. The van der Waals surface area contributed by atoms with Crippen LogP contribution in [0.1, 0.15) is 28.9 Å². The van der Waals surface area contributed by atoms with Gasteiger partial charge in [-0.25, -0.2) is 9.97 Å². The molecule has 0 spiro atoms. The molecule has 0 radical (unpaired) electrons. The number of amides is 1. The molecule has 7 nitrogen and oxygen atoms in total. The average molecular weight is 363 g/mol. The molecule has 0 aliphatic carbocycles. The van der Waals surface area contributed by atoms with Gasteiger partial charge in [-0.05, 0) is 30.5 Å². The van der Waals surface area contributed by atoms with Crippen molar-refractivity contribution < 1.29 is 9.53 Å². The Kier molecular flexibility index (Phi) is 5.20. The first-order valence-electron chi connectivity index (χ1n) is 9.07. The molecule has 4 heterocycles. The van der Waals surface area contributed by atoms with E-state index in [0.717, 1.165) is 35.9 Å². The lowest BCUT2D eigenvalue weighted by Gasteiger charge is -2.15. The maximum absolute atomic E-state index is 12.5. The molecule has 138 valence electrons. The minimum Gasteiger partial charge on any atom is -0.377 e. The van der Waals surface area contributed by atoms with E-state index in [1.165, 1.54) is 5.57 Å². The summed E-state index contributed by atoms with van der Waals surface area (Å²) in [7, 11) is 0. The smallest absolute Gasteiger partial charge is 0.269 e. The minimum atomic E-state index is -0.161. The summed E-state index contributed by atoms with van der Waals surface area (Å²) >= 11 is 0. The zero-order valence-electron chi connectivity index (χ0n) is 15.0. The number of ether oxygens (including phenoxy) is 1. The summed E-state index contributed by atoms with van der Waals surface area (Å²) in [4.78, 5) is 25.4. The van der Waals surface area contributed by atoms with Gasteiger partial charge in [0.05, 0.1) is 25.1 Å². The molecule has 0 atom stereocenters. The largest absolute Gasteiger partial charge is 0.377 e. The number of fused-ring (bicyclic) bond motifs is 1. The molecule has 4 rings (SSSR count). The van der Waals surface area contributed by atoms with Crippen LogP contribution in [0.2, 0.25) is 0 Å². The third-order valence-corrected chi connectivity index (χ3v) is 4.58. The topological polar surface area (TPSA) is 81.9 Å². The lowest BCUT2D eigenvalue weighted by atomic mass is 10.0. The van der Waals surface area contributed by atoms with Crippen LogP contribution in [0.15, 0.2) is 49.3 Å². The van der Waals surface area contributed by atoms with Crippen LogP contribution in [0.3, 0.4) is 0 Å². The van der Waals surface area contributed by atoms with E-state index in [2.05, 4.69) is 26.3 Å². The van der Waals surface area contributed by atoms with Gasteiger partial charge >= 0.3 is 0 Å². The van der Waals surface area contributed by atoms with Crippen molar-refractivity contribution in [2.75, 3.05) is 19.8 Å². The van der Waals surface area contributed by atoms with Crippen molar-refractivity contribution >= 4 is 22.4 Å². The van der Waals surface area contributed by atoms with Gasteiger partial charge in [-0.3, -0.25) is 9.78 Å². The van der Waals surface area contributed by atoms with E-state index < -0.39 is 0 Å². The van der Waals surface area contributed by atoms with Crippen molar-refractivity contribution in [3.8, 4) is 0 Å². The van der Waals surface area contributed by atoms with Gasteiger partial charge in [0.2, 0.25) is 0 Å². The number of pyridine rings is 2. The van der Waals surface area contributed by atoms with Crippen molar-refractivity contribution in [3.63, 3.8) is 0 Å². The monoisotopic (exact) mass is 363 g/mol. The van der Waals surface area contributed by atoms with Gasteiger partial charge in [-0.15, -0.1) is 0 Å². The van der Waals surface area contributed by atoms with Crippen LogP contribution in [-0.4, -0.2) is 45.2 Å². The molecule has 0 bridgehead atoms. The van der Waals surface area contributed by atoms with E-state index in [1.807, 2.05) is 23.0 Å². The molecule has 1 aliphatic heterocycles. The number of hydrogen-bond acceptors (Lipinski definition) is 5. The number of nitrogens with zero attached hydrogens (tertiary/aromatic N) is 4. The van der Waals surface area contributed by atoms with Crippen molar-refractivity contribution in [2.24, 2.45) is 0 Å². The zero-order chi connectivity index (χ0) is 18.5. The highest BCUT2D eigenvalue weighted by atomic mass is 16.5. The van der Waals surface area contributed by atoms with Gasteiger partial charge in [-0.2, -0.15) is 0 Å². The summed E-state index contributed by atoms with van der Waals surface area (Å²) in [5.74, 6) is -0.161. The van der Waals surface area contributed by atoms with Gasteiger partial charge in [0.15, 0.2) is 0 Å². The molecule has 3 aromatic heterocycles. The van der Waals surface area contributed by atoms with E-state index in [1.54, 1.807) is 24.8 Å². The fourth-order valence-corrected chi connectivity index (χ4v) is 3.15. The highest BCUT2D eigenvalue weighted by Crippen LogP contribution is 2.26. The molecule has 7 heteroatoms. The van der Waals surface area contributed by atoms with Crippen LogP contribution in [0.5, 0.6) is 0 Å². The van der Waals surface area contributed by atoms with Crippen molar-refractivity contribution in [2.45, 2.75) is 19.4 Å². The number of carbonyl (C=O) groups excluding carboxylic acids is 1. The molecule has 3 aromatic rings.